The lowest BCUT2D eigenvalue weighted by molar-refractivity contribution is 0.0270. The summed E-state index contributed by atoms with van der Waals surface area (Å²) in [5.74, 6) is 0.663. The maximum absolute atomic E-state index is 12.5. The summed E-state index contributed by atoms with van der Waals surface area (Å²) < 4.78 is 7.84. The van der Waals surface area contributed by atoms with E-state index in [0.29, 0.717) is 25.1 Å². The van der Waals surface area contributed by atoms with E-state index in [-0.39, 0.29) is 12.2 Å². The van der Waals surface area contributed by atoms with Crippen LogP contribution < -0.4 is 5.32 Å². The number of anilines is 1. The third-order valence-corrected chi connectivity index (χ3v) is 6.65. The van der Waals surface area contributed by atoms with Gasteiger partial charge in [0.2, 0.25) is 5.95 Å². The summed E-state index contributed by atoms with van der Waals surface area (Å²) in [5, 5.41) is 14.4. The van der Waals surface area contributed by atoms with Gasteiger partial charge in [0.15, 0.2) is 0 Å². The molecule has 8 heteroatoms. The number of fused-ring (bicyclic) bond motifs is 1. The second-order valence-corrected chi connectivity index (χ2v) is 10.5. The van der Waals surface area contributed by atoms with E-state index in [2.05, 4.69) is 34.1 Å². The summed E-state index contributed by atoms with van der Waals surface area (Å²) in [4.78, 5) is 23.7. The molecular weight excluding hydrogens is 430 g/mol. The summed E-state index contributed by atoms with van der Waals surface area (Å²) in [6, 6.07) is 0.320. The molecule has 0 spiro atoms. The molecule has 0 aromatic carbocycles. The zero-order chi connectivity index (χ0) is 24.3. The molecule has 2 aliphatic rings. The van der Waals surface area contributed by atoms with Crippen LogP contribution in [0.1, 0.15) is 84.2 Å². The minimum absolute atomic E-state index is 0.196. The second-order valence-electron chi connectivity index (χ2n) is 10.5. The van der Waals surface area contributed by atoms with E-state index >= 15 is 0 Å². The minimum atomic E-state index is -0.498. The standard InChI is InChI=1S/C26H39N5O3/c1-5-6-13-27-24-28-16-21-22(17-31(23(21)29-24)19-7-9-20(32)10-8-19)18-11-14-30(15-12-18)25(33)34-26(2,3)4/h11,16-17,19-20,32H,5-10,12-15H2,1-4H3,(H,27,28,29). The first-order valence-electron chi connectivity index (χ1n) is 12.7. The van der Waals surface area contributed by atoms with Gasteiger partial charge in [-0.3, -0.25) is 0 Å². The SMILES string of the molecule is CCCCNc1ncc2c(C3=CCN(C(=O)OC(C)(C)C)CC3)cn(C3CCC(O)CC3)c2n1. The van der Waals surface area contributed by atoms with E-state index in [0.717, 1.165) is 68.1 Å². The van der Waals surface area contributed by atoms with Crippen LogP contribution in [0.5, 0.6) is 0 Å². The number of unbranched alkanes of at least 4 members (excludes halogenated alkanes) is 1. The van der Waals surface area contributed by atoms with Crippen molar-refractivity contribution in [3.8, 4) is 0 Å². The fourth-order valence-corrected chi connectivity index (χ4v) is 4.77. The Balaban J connectivity index is 1.61. The van der Waals surface area contributed by atoms with Crippen LogP contribution in [0.4, 0.5) is 10.7 Å². The molecule has 0 bridgehead atoms. The van der Waals surface area contributed by atoms with Gasteiger partial charge in [0, 0.05) is 49.0 Å². The molecule has 2 aromatic heterocycles. The van der Waals surface area contributed by atoms with Crippen molar-refractivity contribution in [1.82, 2.24) is 19.4 Å². The van der Waals surface area contributed by atoms with E-state index < -0.39 is 5.60 Å². The maximum Gasteiger partial charge on any atom is 0.410 e. The van der Waals surface area contributed by atoms with Gasteiger partial charge >= 0.3 is 6.09 Å². The van der Waals surface area contributed by atoms with Gasteiger partial charge in [0.1, 0.15) is 11.2 Å². The smallest absolute Gasteiger partial charge is 0.410 e. The van der Waals surface area contributed by atoms with Crippen LogP contribution in [0.2, 0.25) is 0 Å². The van der Waals surface area contributed by atoms with Crippen molar-refractivity contribution in [1.29, 1.82) is 0 Å². The Hall–Kier alpha value is -2.61. The van der Waals surface area contributed by atoms with Crippen LogP contribution in [0.25, 0.3) is 16.6 Å². The van der Waals surface area contributed by atoms with E-state index in [4.69, 9.17) is 9.72 Å². The first kappa shape index (κ1) is 24.5. The van der Waals surface area contributed by atoms with Crippen LogP contribution in [0, 0.1) is 0 Å². The monoisotopic (exact) mass is 469 g/mol. The molecule has 3 heterocycles. The van der Waals surface area contributed by atoms with Gasteiger partial charge in [-0.2, -0.15) is 4.98 Å². The predicted molar refractivity (Wildman–Crippen MR) is 135 cm³/mol. The molecule has 34 heavy (non-hydrogen) atoms. The Kier molecular flexibility index (Phi) is 7.45. The predicted octanol–water partition coefficient (Wildman–Crippen LogP) is 5.14. The fourth-order valence-electron chi connectivity index (χ4n) is 4.77. The molecule has 0 unspecified atom stereocenters. The van der Waals surface area contributed by atoms with Crippen molar-refractivity contribution in [2.45, 2.75) is 90.4 Å². The zero-order valence-electron chi connectivity index (χ0n) is 21.0. The summed E-state index contributed by atoms with van der Waals surface area (Å²) in [7, 11) is 0. The third-order valence-electron chi connectivity index (χ3n) is 6.65. The van der Waals surface area contributed by atoms with Gasteiger partial charge in [0.25, 0.3) is 0 Å². The van der Waals surface area contributed by atoms with Crippen molar-refractivity contribution < 1.29 is 14.6 Å². The maximum atomic E-state index is 12.5. The van der Waals surface area contributed by atoms with Crippen molar-refractivity contribution in [2.75, 3.05) is 25.0 Å². The number of ether oxygens (including phenoxy) is 1. The molecule has 0 radical (unpaired) electrons. The number of aliphatic hydroxyl groups excluding tert-OH is 1. The van der Waals surface area contributed by atoms with E-state index in [1.165, 1.54) is 5.57 Å². The molecule has 186 valence electrons. The quantitative estimate of drug-likeness (QED) is 0.569. The molecule has 8 nitrogen and oxygen atoms in total. The molecule has 2 N–H and O–H groups in total. The number of carbonyl (C=O) groups excluding carboxylic acids is 1. The Labute approximate surface area is 202 Å². The van der Waals surface area contributed by atoms with Gasteiger partial charge in [0.05, 0.1) is 6.10 Å². The zero-order valence-corrected chi connectivity index (χ0v) is 21.0. The normalized spacial score (nSPS) is 21.4. The number of nitrogens with one attached hydrogen (secondary N) is 1. The number of hydrogen-bond donors (Lipinski definition) is 2. The van der Waals surface area contributed by atoms with E-state index in [9.17, 15) is 9.90 Å². The van der Waals surface area contributed by atoms with E-state index in [1.54, 1.807) is 4.90 Å². The van der Waals surface area contributed by atoms with Crippen LogP contribution in [0.15, 0.2) is 18.5 Å². The van der Waals surface area contributed by atoms with Gasteiger partial charge in [-0.1, -0.05) is 19.4 Å². The second kappa shape index (κ2) is 10.3. The van der Waals surface area contributed by atoms with Gasteiger partial charge in [-0.15, -0.1) is 0 Å². The van der Waals surface area contributed by atoms with Crippen LogP contribution in [0.3, 0.4) is 0 Å². The average molecular weight is 470 g/mol. The lowest BCUT2D eigenvalue weighted by atomic mass is 9.93. The van der Waals surface area contributed by atoms with Crippen LogP contribution in [-0.4, -0.2) is 62.0 Å². The minimum Gasteiger partial charge on any atom is -0.444 e. The summed E-state index contributed by atoms with van der Waals surface area (Å²) >= 11 is 0. The summed E-state index contributed by atoms with van der Waals surface area (Å²) in [6.45, 7) is 9.85. The van der Waals surface area contributed by atoms with Gasteiger partial charge < -0.3 is 24.6 Å². The first-order chi connectivity index (χ1) is 16.2. The Morgan fingerprint density at radius 2 is 2.03 bits per heavy atom. The average Bonchev–Trinajstić information content (AvgIpc) is 3.18. The van der Waals surface area contributed by atoms with Crippen molar-refractivity contribution >= 4 is 28.6 Å². The number of amides is 1. The summed E-state index contributed by atoms with van der Waals surface area (Å²) in [6.07, 6.45) is 12.3. The topological polar surface area (TPSA) is 92.5 Å². The molecule has 1 saturated carbocycles. The van der Waals surface area contributed by atoms with Gasteiger partial charge in [-0.25, -0.2) is 9.78 Å². The largest absolute Gasteiger partial charge is 0.444 e. The molecule has 0 saturated heterocycles. The van der Waals surface area contributed by atoms with Crippen LogP contribution in [-0.2, 0) is 4.74 Å². The highest BCUT2D eigenvalue weighted by Crippen LogP contribution is 2.36. The molecule has 1 amide bonds. The Bertz CT molecular complexity index is 1030. The van der Waals surface area contributed by atoms with Crippen molar-refractivity contribution in [3.05, 3.63) is 24.0 Å². The number of hydrogen-bond acceptors (Lipinski definition) is 6. The molecule has 1 aliphatic heterocycles. The van der Waals surface area contributed by atoms with Crippen molar-refractivity contribution in [2.24, 2.45) is 0 Å². The van der Waals surface area contributed by atoms with Crippen LogP contribution >= 0.6 is 0 Å². The lowest BCUT2D eigenvalue weighted by Gasteiger charge is -2.29. The molecular formula is C26H39N5O3. The Morgan fingerprint density at radius 3 is 2.68 bits per heavy atom. The molecule has 0 atom stereocenters. The van der Waals surface area contributed by atoms with Crippen molar-refractivity contribution in [3.63, 3.8) is 0 Å². The number of nitrogens with zero attached hydrogens (tertiary/aromatic N) is 4. The highest BCUT2D eigenvalue weighted by molar-refractivity contribution is 5.91. The molecule has 1 fully saturated rings. The lowest BCUT2D eigenvalue weighted by Crippen LogP contribution is -2.39. The molecule has 1 aliphatic carbocycles. The van der Waals surface area contributed by atoms with Gasteiger partial charge in [-0.05, 0) is 64.9 Å². The number of rotatable bonds is 6. The number of carbonyl (C=O) groups is 1. The van der Waals surface area contributed by atoms with E-state index in [1.807, 2.05) is 27.0 Å². The Morgan fingerprint density at radius 1 is 1.26 bits per heavy atom. The summed E-state index contributed by atoms with van der Waals surface area (Å²) in [5.41, 5.74) is 2.81. The molecule has 2 aromatic rings. The third kappa shape index (κ3) is 5.71. The number of aromatic nitrogens is 3. The first-order valence-corrected chi connectivity index (χ1v) is 12.7. The highest BCUT2D eigenvalue weighted by Gasteiger charge is 2.27. The highest BCUT2D eigenvalue weighted by atomic mass is 16.6. The number of aliphatic hydroxyl groups is 1. The molecule has 4 rings (SSSR count). The fraction of sp³-hybridized carbons (Fsp3) is 0.654.